The third kappa shape index (κ3) is 4.85. The van der Waals surface area contributed by atoms with Gasteiger partial charge in [0.2, 0.25) is 0 Å². The molecule has 0 bridgehead atoms. The summed E-state index contributed by atoms with van der Waals surface area (Å²) < 4.78 is 10.9. The zero-order chi connectivity index (χ0) is 14.6. The molecule has 1 aliphatic rings. The van der Waals surface area contributed by atoms with Crippen LogP contribution < -0.4 is 0 Å². The third-order valence-corrected chi connectivity index (χ3v) is 3.05. The maximum absolute atomic E-state index is 11.7. The van der Waals surface area contributed by atoms with Gasteiger partial charge < -0.3 is 14.4 Å². The summed E-state index contributed by atoms with van der Waals surface area (Å²) >= 11 is 0. The van der Waals surface area contributed by atoms with Crippen molar-refractivity contribution in [1.82, 2.24) is 4.90 Å². The molecule has 1 saturated heterocycles. The SMILES string of the molecule is CC(C)(C)OC(=O)N1CC1CCOCc1ccccc1. The summed E-state index contributed by atoms with van der Waals surface area (Å²) in [7, 11) is 0. The van der Waals surface area contributed by atoms with E-state index in [1.54, 1.807) is 4.90 Å². The van der Waals surface area contributed by atoms with Crippen molar-refractivity contribution in [2.45, 2.75) is 45.4 Å². The van der Waals surface area contributed by atoms with Gasteiger partial charge in [0.1, 0.15) is 5.60 Å². The van der Waals surface area contributed by atoms with Crippen LogP contribution in [-0.2, 0) is 16.1 Å². The van der Waals surface area contributed by atoms with E-state index in [0.717, 1.165) is 13.0 Å². The van der Waals surface area contributed by atoms with E-state index in [2.05, 4.69) is 0 Å². The van der Waals surface area contributed by atoms with Crippen LogP contribution in [0.25, 0.3) is 0 Å². The van der Waals surface area contributed by atoms with Gasteiger partial charge in [0, 0.05) is 13.2 Å². The number of rotatable bonds is 5. The average molecular weight is 277 g/mol. The molecule has 1 aliphatic heterocycles. The fraction of sp³-hybridized carbons (Fsp3) is 0.562. The van der Waals surface area contributed by atoms with E-state index < -0.39 is 5.60 Å². The number of hydrogen-bond donors (Lipinski definition) is 0. The highest BCUT2D eigenvalue weighted by molar-refractivity contribution is 5.71. The predicted molar refractivity (Wildman–Crippen MR) is 77.4 cm³/mol. The maximum Gasteiger partial charge on any atom is 0.410 e. The Morgan fingerprint density at radius 1 is 1.30 bits per heavy atom. The van der Waals surface area contributed by atoms with Crippen molar-refractivity contribution in [2.24, 2.45) is 0 Å². The molecule has 0 aromatic heterocycles. The Morgan fingerprint density at radius 3 is 2.65 bits per heavy atom. The van der Waals surface area contributed by atoms with E-state index in [4.69, 9.17) is 9.47 Å². The normalized spacial score (nSPS) is 17.9. The summed E-state index contributed by atoms with van der Waals surface area (Å²) in [5.41, 5.74) is 0.751. The number of hydrogen-bond acceptors (Lipinski definition) is 3. The van der Waals surface area contributed by atoms with Crippen LogP contribution in [0.2, 0.25) is 0 Å². The molecule has 1 amide bonds. The number of carbonyl (C=O) groups is 1. The van der Waals surface area contributed by atoms with Crippen LogP contribution in [0.4, 0.5) is 4.79 Å². The fourth-order valence-corrected chi connectivity index (χ4v) is 1.95. The first-order valence-electron chi connectivity index (χ1n) is 7.07. The van der Waals surface area contributed by atoms with Crippen LogP contribution in [0, 0.1) is 0 Å². The topological polar surface area (TPSA) is 38.5 Å². The molecule has 1 unspecified atom stereocenters. The van der Waals surface area contributed by atoms with E-state index in [9.17, 15) is 4.79 Å². The van der Waals surface area contributed by atoms with Crippen LogP contribution in [-0.4, -0.2) is 35.8 Å². The molecular formula is C16H23NO3. The second-order valence-electron chi connectivity index (χ2n) is 6.11. The van der Waals surface area contributed by atoms with Gasteiger partial charge in [-0.2, -0.15) is 0 Å². The molecule has 1 aromatic carbocycles. The summed E-state index contributed by atoms with van der Waals surface area (Å²) in [5, 5.41) is 0. The summed E-state index contributed by atoms with van der Waals surface area (Å²) in [5.74, 6) is 0. The van der Waals surface area contributed by atoms with Crippen LogP contribution in [0.1, 0.15) is 32.8 Å². The molecule has 2 rings (SSSR count). The minimum Gasteiger partial charge on any atom is -0.444 e. The lowest BCUT2D eigenvalue weighted by Gasteiger charge is -2.19. The van der Waals surface area contributed by atoms with Gasteiger partial charge in [0.05, 0.1) is 12.6 Å². The van der Waals surface area contributed by atoms with Gasteiger partial charge >= 0.3 is 6.09 Å². The quantitative estimate of drug-likeness (QED) is 0.612. The van der Waals surface area contributed by atoms with Crippen molar-refractivity contribution in [3.05, 3.63) is 35.9 Å². The zero-order valence-electron chi connectivity index (χ0n) is 12.5. The van der Waals surface area contributed by atoms with E-state index in [1.165, 1.54) is 5.56 Å². The lowest BCUT2D eigenvalue weighted by Crippen LogP contribution is -2.28. The molecule has 1 atom stereocenters. The van der Waals surface area contributed by atoms with Crippen molar-refractivity contribution in [3.63, 3.8) is 0 Å². The molecule has 1 aromatic rings. The number of carbonyl (C=O) groups excluding carboxylic acids is 1. The molecule has 20 heavy (non-hydrogen) atoms. The van der Waals surface area contributed by atoms with E-state index in [1.807, 2.05) is 51.1 Å². The zero-order valence-corrected chi connectivity index (χ0v) is 12.5. The molecule has 0 aliphatic carbocycles. The Labute approximate surface area is 120 Å². The largest absolute Gasteiger partial charge is 0.444 e. The van der Waals surface area contributed by atoms with Gasteiger partial charge in [-0.25, -0.2) is 4.79 Å². The van der Waals surface area contributed by atoms with Gasteiger partial charge in [0.25, 0.3) is 0 Å². The van der Waals surface area contributed by atoms with Crippen LogP contribution in [0.5, 0.6) is 0 Å². The molecule has 0 saturated carbocycles. The highest BCUT2D eigenvalue weighted by Gasteiger charge is 2.40. The van der Waals surface area contributed by atoms with Crippen LogP contribution in [0.3, 0.4) is 0 Å². The van der Waals surface area contributed by atoms with Crippen molar-refractivity contribution in [1.29, 1.82) is 0 Å². The summed E-state index contributed by atoms with van der Waals surface area (Å²) in [6.45, 7) is 7.72. The standard InChI is InChI=1S/C16H23NO3/c1-16(2,3)20-15(18)17-11-14(17)9-10-19-12-13-7-5-4-6-8-13/h4-8,14H,9-12H2,1-3H3. The number of ether oxygens (including phenoxy) is 2. The summed E-state index contributed by atoms with van der Waals surface area (Å²) in [6, 6.07) is 10.4. The van der Waals surface area contributed by atoms with Crippen molar-refractivity contribution in [2.75, 3.05) is 13.2 Å². The van der Waals surface area contributed by atoms with Gasteiger partial charge in [-0.15, -0.1) is 0 Å². The molecule has 4 heteroatoms. The molecule has 4 nitrogen and oxygen atoms in total. The highest BCUT2D eigenvalue weighted by Crippen LogP contribution is 2.24. The van der Waals surface area contributed by atoms with Gasteiger partial charge in [0.15, 0.2) is 0 Å². The number of benzene rings is 1. The smallest absolute Gasteiger partial charge is 0.410 e. The number of nitrogens with zero attached hydrogens (tertiary/aromatic N) is 1. The monoisotopic (exact) mass is 277 g/mol. The maximum atomic E-state index is 11.7. The lowest BCUT2D eigenvalue weighted by molar-refractivity contribution is 0.0396. The van der Waals surface area contributed by atoms with E-state index >= 15 is 0 Å². The van der Waals surface area contributed by atoms with Crippen LogP contribution >= 0.6 is 0 Å². The molecule has 1 heterocycles. The van der Waals surface area contributed by atoms with Gasteiger partial charge in [-0.3, -0.25) is 0 Å². The minimum atomic E-state index is -0.423. The van der Waals surface area contributed by atoms with Crippen LogP contribution in [0.15, 0.2) is 30.3 Å². The first-order chi connectivity index (χ1) is 9.46. The first kappa shape index (κ1) is 14.9. The Morgan fingerprint density at radius 2 is 2.00 bits per heavy atom. The summed E-state index contributed by atoms with van der Waals surface area (Å²) in [6.07, 6.45) is 0.650. The Balaban J connectivity index is 1.59. The van der Waals surface area contributed by atoms with Gasteiger partial charge in [-0.1, -0.05) is 30.3 Å². The minimum absolute atomic E-state index is 0.217. The molecule has 0 radical (unpaired) electrons. The Bertz CT molecular complexity index is 439. The molecule has 1 fully saturated rings. The predicted octanol–water partition coefficient (Wildman–Crippen LogP) is 3.21. The van der Waals surface area contributed by atoms with Gasteiger partial charge in [-0.05, 0) is 32.8 Å². The number of amides is 1. The average Bonchev–Trinajstić information content (AvgIpc) is 3.13. The molecule has 0 spiro atoms. The van der Waals surface area contributed by atoms with Crippen molar-refractivity contribution < 1.29 is 14.3 Å². The van der Waals surface area contributed by atoms with Crippen molar-refractivity contribution >= 4 is 6.09 Å². The highest BCUT2D eigenvalue weighted by atomic mass is 16.6. The first-order valence-corrected chi connectivity index (χ1v) is 7.07. The third-order valence-electron chi connectivity index (χ3n) is 3.05. The fourth-order valence-electron chi connectivity index (χ4n) is 1.95. The second kappa shape index (κ2) is 6.27. The molecule has 110 valence electrons. The Hall–Kier alpha value is -1.55. The van der Waals surface area contributed by atoms with E-state index in [0.29, 0.717) is 13.2 Å². The lowest BCUT2D eigenvalue weighted by atomic mass is 10.2. The summed E-state index contributed by atoms with van der Waals surface area (Å²) in [4.78, 5) is 13.5. The molecule has 0 N–H and O–H groups in total. The molecular weight excluding hydrogens is 254 g/mol. The second-order valence-corrected chi connectivity index (χ2v) is 6.11. The Kier molecular flexibility index (Phi) is 4.65. The van der Waals surface area contributed by atoms with Crippen molar-refractivity contribution in [3.8, 4) is 0 Å². The van der Waals surface area contributed by atoms with E-state index in [-0.39, 0.29) is 12.1 Å².